The third kappa shape index (κ3) is 3.19. The number of nitrogens with one attached hydrogen (secondary N) is 1. The van der Waals surface area contributed by atoms with E-state index in [2.05, 4.69) is 47.1 Å². The highest BCUT2D eigenvalue weighted by atomic mass is 35.5. The van der Waals surface area contributed by atoms with Crippen LogP contribution in [0.4, 0.5) is 5.82 Å². The Hall–Kier alpha value is -0.840. The highest BCUT2D eigenvalue weighted by Crippen LogP contribution is 2.25. The molecule has 0 bridgehead atoms. The maximum Gasteiger partial charge on any atom is 0.129 e. The Labute approximate surface area is 120 Å². The van der Waals surface area contributed by atoms with Crippen LogP contribution in [0.3, 0.4) is 0 Å². The summed E-state index contributed by atoms with van der Waals surface area (Å²) in [4.78, 5) is 9.22. The van der Waals surface area contributed by atoms with Crippen LogP contribution in [-0.2, 0) is 6.54 Å². The van der Waals surface area contributed by atoms with E-state index in [1.165, 1.54) is 0 Å². The predicted octanol–water partition coefficient (Wildman–Crippen LogP) is 1.98. The molecule has 106 valence electrons. The summed E-state index contributed by atoms with van der Waals surface area (Å²) in [5.74, 6) is 1.02. The van der Waals surface area contributed by atoms with Gasteiger partial charge in [0.15, 0.2) is 0 Å². The summed E-state index contributed by atoms with van der Waals surface area (Å²) in [5, 5.41) is 3.87. The molecule has 1 aliphatic rings. The zero-order valence-corrected chi connectivity index (χ0v) is 13.0. The fourth-order valence-electron chi connectivity index (χ4n) is 2.40. The lowest BCUT2D eigenvalue weighted by Gasteiger charge is -2.45. The van der Waals surface area contributed by atoms with Crippen molar-refractivity contribution in [2.24, 2.45) is 0 Å². The monoisotopic (exact) mass is 282 g/mol. The first-order valence-electron chi connectivity index (χ1n) is 6.69. The van der Waals surface area contributed by atoms with Crippen molar-refractivity contribution in [3.63, 3.8) is 0 Å². The SMILES string of the molecule is CNCc1cc(N2CCN(C)C(C)(C)C2)ncc1Cl. The topological polar surface area (TPSA) is 31.4 Å². The minimum Gasteiger partial charge on any atom is -0.353 e. The second-order valence-corrected chi connectivity index (χ2v) is 6.23. The van der Waals surface area contributed by atoms with Crippen LogP contribution in [0.5, 0.6) is 0 Å². The lowest BCUT2D eigenvalue weighted by molar-refractivity contribution is 0.138. The molecule has 1 saturated heterocycles. The number of aromatic nitrogens is 1. The summed E-state index contributed by atoms with van der Waals surface area (Å²) in [7, 11) is 4.11. The quantitative estimate of drug-likeness (QED) is 0.919. The van der Waals surface area contributed by atoms with Crippen molar-refractivity contribution < 1.29 is 0 Å². The van der Waals surface area contributed by atoms with Gasteiger partial charge in [0.05, 0.1) is 5.02 Å². The number of pyridine rings is 1. The van der Waals surface area contributed by atoms with E-state index in [1.807, 2.05) is 7.05 Å². The zero-order valence-electron chi connectivity index (χ0n) is 12.2. The molecule has 0 spiro atoms. The van der Waals surface area contributed by atoms with Crippen LogP contribution < -0.4 is 10.2 Å². The number of hydrogen-bond donors (Lipinski definition) is 1. The molecule has 0 saturated carbocycles. The molecule has 0 aromatic carbocycles. The zero-order chi connectivity index (χ0) is 14.0. The van der Waals surface area contributed by atoms with Gasteiger partial charge in [-0.3, -0.25) is 4.90 Å². The summed E-state index contributed by atoms with van der Waals surface area (Å²) < 4.78 is 0. The van der Waals surface area contributed by atoms with E-state index < -0.39 is 0 Å². The van der Waals surface area contributed by atoms with E-state index >= 15 is 0 Å². The summed E-state index contributed by atoms with van der Waals surface area (Å²) in [5.41, 5.74) is 1.27. The number of halogens is 1. The molecule has 0 amide bonds. The van der Waals surface area contributed by atoms with Crippen LogP contribution >= 0.6 is 11.6 Å². The number of rotatable bonds is 3. The van der Waals surface area contributed by atoms with Crippen molar-refractivity contribution >= 4 is 17.4 Å². The molecule has 2 rings (SSSR count). The molecule has 0 unspecified atom stereocenters. The first-order valence-corrected chi connectivity index (χ1v) is 7.07. The van der Waals surface area contributed by atoms with Gasteiger partial charge in [0.1, 0.15) is 5.82 Å². The van der Waals surface area contributed by atoms with Gasteiger partial charge in [-0.05, 0) is 39.6 Å². The molecule has 5 heteroatoms. The van der Waals surface area contributed by atoms with Crippen LogP contribution in [0, 0.1) is 0 Å². The van der Waals surface area contributed by atoms with Gasteiger partial charge in [-0.25, -0.2) is 4.98 Å². The number of anilines is 1. The van der Waals surface area contributed by atoms with Gasteiger partial charge in [-0.1, -0.05) is 11.6 Å². The Kier molecular flexibility index (Phi) is 4.33. The molecule has 1 fully saturated rings. The van der Waals surface area contributed by atoms with Crippen molar-refractivity contribution in [3.8, 4) is 0 Å². The molecule has 0 aliphatic carbocycles. The van der Waals surface area contributed by atoms with Crippen molar-refractivity contribution in [1.29, 1.82) is 0 Å². The van der Waals surface area contributed by atoms with Crippen molar-refractivity contribution in [2.75, 3.05) is 38.6 Å². The second kappa shape index (κ2) is 5.65. The van der Waals surface area contributed by atoms with Gasteiger partial charge in [0, 0.05) is 37.9 Å². The van der Waals surface area contributed by atoms with E-state index in [0.717, 1.165) is 42.6 Å². The lowest BCUT2D eigenvalue weighted by Crippen LogP contribution is -2.57. The molecular weight excluding hydrogens is 260 g/mol. The number of piperazine rings is 1. The van der Waals surface area contributed by atoms with Gasteiger partial charge in [0.2, 0.25) is 0 Å². The van der Waals surface area contributed by atoms with Gasteiger partial charge < -0.3 is 10.2 Å². The predicted molar refractivity (Wildman–Crippen MR) is 80.9 cm³/mol. The van der Waals surface area contributed by atoms with E-state index in [-0.39, 0.29) is 5.54 Å². The number of nitrogens with zero attached hydrogens (tertiary/aromatic N) is 3. The highest BCUT2D eigenvalue weighted by molar-refractivity contribution is 6.31. The Morgan fingerprint density at radius 1 is 1.42 bits per heavy atom. The highest BCUT2D eigenvalue weighted by Gasteiger charge is 2.31. The van der Waals surface area contributed by atoms with Crippen LogP contribution in [0.2, 0.25) is 5.02 Å². The summed E-state index contributed by atoms with van der Waals surface area (Å²) >= 11 is 6.16. The normalized spacial score (nSPS) is 19.7. The molecule has 1 aromatic heterocycles. The Morgan fingerprint density at radius 2 is 2.16 bits per heavy atom. The number of hydrogen-bond acceptors (Lipinski definition) is 4. The third-order valence-electron chi connectivity index (χ3n) is 3.93. The molecule has 1 aromatic rings. The van der Waals surface area contributed by atoms with Gasteiger partial charge in [-0.15, -0.1) is 0 Å². The molecule has 0 atom stereocenters. The number of likely N-dealkylation sites (N-methyl/N-ethyl adjacent to an activating group) is 1. The molecule has 4 nitrogen and oxygen atoms in total. The lowest BCUT2D eigenvalue weighted by atomic mass is 10.00. The summed E-state index contributed by atoms with van der Waals surface area (Å²) in [6, 6.07) is 2.10. The fourth-order valence-corrected chi connectivity index (χ4v) is 2.57. The summed E-state index contributed by atoms with van der Waals surface area (Å²) in [6.45, 7) is 8.35. The molecule has 2 heterocycles. The van der Waals surface area contributed by atoms with Crippen LogP contribution in [0.15, 0.2) is 12.3 Å². The Bertz CT molecular complexity index is 447. The first kappa shape index (κ1) is 14.6. The van der Waals surface area contributed by atoms with E-state index in [1.54, 1.807) is 6.20 Å². The Balaban J connectivity index is 2.20. The molecule has 19 heavy (non-hydrogen) atoms. The largest absolute Gasteiger partial charge is 0.353 e. The molecule has 0 radical (unpaired) electrons. The minimum absolute atomic E-state index is 0.169. The first-order chi connectivity index (χ1) is 8.94. The maximum atomic E-state index is 6.16. The fraction of sp³-hybridized carbons (Fsp3) is 0.643. The van der Waals surface area contributed by atoms with Crippen LogP contribution in [0.1, 0.15) is 19.4 Å². The van der Waals surface area contributed by atoms with Crippen molar-refractivity contribution in [3.05, 3.63) is 22.8 Å². The minimum atomic E-state index is 0.169. The van der Waals surface area contributed by atoms with Gasteiger partial charge in [-0.2, -0.15) is 0 Å². The standard InChI is InChI=1S/C14H23ClN4/c1-14(2)10-19(6-5-18(14)4)13-7-11(8-16-3)12(15)9-17-13/h7,9,16H,5-6,8,10H2,1-4H3. The molecule has 1 N–H and O–H groups in total. The molecular formula is C14H23ClN4. The van der Waals surface area contributed by atoms with E-state index in [4.69, 9.17) is 11.6 Å². The maximum absolute atomic E-state index is 6.16. The average molecular weight is 283 g/mol. The second-order valence-electron chi connectivity index (χ2n) is 5.82. The average Bonchev–Trinajstić information content (AvgIpc) is 2.36. The van der Waals surface area contributed by atoms with E-state index in [0.29, 0.717) is 0 Å². The smallest absolute Gasteiger partial charge is 0.129 e. The van der Waals surface area contributed by atoms with Crippen LogP contribution in [0.25, 0.3) is 0 Å². The van der Waals surface area contributed by atoms with Crippen LogP contribution in [-0.4, -0.2) is 49.2 Å². The van der Waals surface area contributed by atoms with E-state index in [9.17, 15) is 0 Å². The van der Waals surface area contributed by atoms with Crippen molar-refractivity contribution in [2.45, 2.75) is 25.9 Å². The van der Waals surface area contributed by atoms with Crippen molar-refractivity contribution in [1.82, 2.24) is 15.2 Å². The Morgan fingerprint density at radius 3 is 2.79 bits per heavy atom. The third-order valence-corrected chi connectivity index (χ3v) is 4.27. The summed E-state index contributed by atoms with van der Waals surface area (Å²) in [6.07, 6.45) is 1.76. The van der Waals surface area contributed by atoms with Gasteiger partial charge >= 0.3 is 0 Å². The molecule has 1 aliphatic heterocycles. The van der Waals surface area contributed by atoms with Gasteiger partial charge in [0.25, 0.3) is 0 Å².